The molecule has 1 saturated heterocycles. The minimum atomic E-state index is -0.275. The van der Waals surface area contributed by atoms with Crippen molar-refractivity contribution in [1.82, 2.24) is 9.80 Å². The number of piperazine rings is 1. The molecule has 0 aliphatic carbocycles. The van der Waals surface area contributed by atoms with Crippen LogP contribution in [-0.4, -0.2) is 89.8 Å². The lowest BCUT2D eigenvalue weighted by Crippen LogP contribution is -2.64. The van der Waals surface area contributed by atoms with Gasteiger partial charge in [-0.2, -0.15) is 0 Å². The Balaban J connectivity index is 1.78. The first-order chi connectivity index (χ1) is 18.3. The zero-order chi connectivity index (χ0) is 27.5. The fourth-order valence-electron chi connectivity index (χ4n) is 7.47. The second-order valence-electron chi connectivity index (χ2n) is 10.4. The molecule has 4 atom stereocenters. The summed E-state index contributed by atoms with van der Waals surface area (Å²) in [4.78, 5) is 4.90. The highest BCUT2D eigenvalue weighted by Gasteiger charge is 2.53. The van der Waals surface area contributed by atoms with Gasteiger partial charge in [0.1, 0.15) is 11.5 Å². The zero-order valence-corrected chi connectivity index (χ0v) is 23.9. The van der Waals surface area contributed by atoms with Crippen molar-refractivity contribution < 1.29 is 33.5 Å². The van der Waals surface area contributed by atoms with E-state index in [0.29, 0.717) is 23.7 Å². The van der Waals surface area contributed by atoms with E-state index in [1.807, 2.05) is 13.8 Å². The number of likely N-dealkylation sites (N-methyl/N-ethyl adjacent to an activating group) is 1. The number of aliphatic hydroxyl groups excluding tert-OH is 1. The van der Waals surface area contributed by atoms with Gasteiger partial charge < -0.3 is 33.5 Å². The van der Waals surface area contributed by atoms with E-state index >= 15 is 0 Å². The SMILES string of the molecule is COc1c(C)c(OC)c(OC)c2c1C[C@H]1CN3C(Cc4c(OC)c(C)c(OC)c(OC)c4[C@@H]3CO)[C@@H]2N1C. The van der Waals surface area contributed by atoms with Gasteiger partial charge in [0.2, 0.25) is 0 Å². The van der Waals surface area contributed by atoms with Gasteiger partial charge in [0.05, 0.1) is 61.3 Å². The Hall–Kier alpha value is -2.88. The summed E-state index contributed by atoms with van der Waals surface area (Å²) in [6, 6.07) is -0.0258. The van der Waals surface area contributed by atoms with Crippen LogP contribution in [0.15, 0.2) is 0 Å². The second kappa shape index (κ2) is 10.0. The zero-order valence-electron chi connectivity index (χ0n) is 23.9. The van der Waals surface area contributed by atoms with Crippen molar-refractivity contribution in [2.24, 2.45) is 0 Å². The lowest BCUT2D eigenvalue weighted by Gasteiger charge is -2.58. The van der Waals surface area contributed by atoms with Crippen LogP contribution in [-0.2, 0) is 12.8 Å². The minimum absolute atomic E-state index is 0.0174. The first-order valence-electron chi connectivity index (χ1n) is 13.0. The molecule has 0 amide bonds. The normalized spacial score (nSPS) is 24.2. The Kier molecular flexibility index (Phi) is 7.04. The maximum atomic E-state index is 10.9. The molecule has 1 fully saturated rings. The topological polar surface area (TPSA) is 82.1 Å². The van der Waals surface area contributed by atoms with Crippen LogP contribution >= 0.6 is 0 Å². The minimum Gasteiger partial charge on any atom is -0.496 e. The third-order valence-electron chi connectivity index (χ3n) is 8.97. The van der Waals surface area contributed by atoms with Gasteiger partial charge in [-0.15, -0.1) is 0 Å². The summed E-state index contributed by atoms with van der Waals surface area (Å²) >= 11 is 0. The number of hydrogen-bond donors (Lipinski definition) is 1. The van der Waals surface area contributed by atoms with Crippen molar-refractivity contribution in [3.8, 4) is 34.5 Å². The fraction of sp³-hybridized carbons (Fsp3) is 0.586. The molecule has 3 heterocycles. The quantitative estimate of drug-likeness (QED) is 0.583. The van der Waals surface area contributed by atoms with E-state index in [4.69, 9.17) is 28.4 Å². The van der Waals surface area contributed by atoms with Crippen molar-refractivity contribution in [3.63, 3.8) is 0 Å². The summed E-state index contributed by atoms with van der Waals surface area (Å²) in [5.41, 5.74) is 6.10. The molecular formula is C29H40N2O7. The van der Waals surface area contributed by atoms with Crippen molar-refractivity contribution in [3.05, 3.63) is 33.4 Å². The van der Waals surface area contributed by atoms with Crippen LogP contribution in [0.4, 0.5) is 0 Å². The molecule has 0 saturated carbocycles. The van der Waals surface area contributed by atoms with E-state index in [-0.39, 0.29) is 30.8 Å². The third-order valence-corrected chi connectivity index (χ3v) is 8.97. The third kappa shape index (κ3) is 3.48. The number of nitrogens with zero attached hydrogens (tertiary/aromatic N) is 2. The van der Waals surface area contributed by atoms with E-state index in [1.165, 1.54) is 5.56 Å². The molecule has 0 aromatic heterocycles. The Morgan fingerprint density at radius 2 is 1.16 bits per heavy atom. The number of aliphatic hydroxyl groups is 1. The van der Waals surface area contributed by atoms with E-state index in [0.717, 1.165) is 58.0 Å². The van der Waals surface area contributed by atoms with Crippen LogP contribution in [0, 0.1) is 13.8 Å². The fourth-order valence-corrected chi connectivity index (χ4v) is 7.47. The molecular weight excluding hydrogens is 488 g/mol. The molecule has 1 N–H and O–H groups in total. The molecule has 2 aromatic carbocycles. The molecule has 2 bridgehead atoms. The average Bonchev–Trinajstić information content (AvgIpc) is 2.91. The molecule has 9 heteroatoms. The second-order valence-corrected chi connectivity index (χ2v) is 10.4. The summed E-state index contributed by atoms with van der Waals surface area (Å²) in [5, 5.41) is 10.9. The summed E-state index contributed by atoms with van der Waals surface area (Å²) in [5.74, 6) is 4.40. The first-order valence-corrected chi connectivity index (χ1v) is 13.0. The summed E-state index contributed by atoms with van der Waals surface area (Å²) < 4.78 is 35.6. The molecule has 3 aliphatic heterocycles. The number of methoxy groups -OCH3 is 6. The molecule has 208 valence electrons. The van der Waals surface area contributed by atoms with Gasteiger partial charge in [0, 0.05) is 52.0 Å². The summed E-state index contributed by atoms with van der Waals surface area (Å²) in [6.07, 6.45) is 1.51. The van der Waals surface area contributed by atoms with Crippen LogP contribution in [0.1, 0.15) is 45.5 Å². The lowest BCUT2D eigenvalue weighted by molar-refractivity contribution is -0.0597. The highest BCUT2D eigenvalue weighted by Crippen LogP contribution is 2.58. The number of fused-ring (bicyclic) bond motifs is 7. The van der Waals surface area contributed by atoms with E-state index < -0.39 is 0 Å². The van der Waals surface area contributed by atoms with Gasteiger partial charge in [-0.25, -0.2) is 0 Å². The Morgan fingerprint density at radius 3 is 1.63 bits per heavy atom. The predicted molar refractivity (Wildman–Crippen MR) is 144 cm³/mol. The summed E-state index contributed by atoms with van der Waals surface area (Å²) in [6.45, 7) is 4.75. The maximum Gasteiger partial charge on any atom is 0.167 e. The molecule has 9 nitrogen and oxygen atoms in total. The van der Waals surface area contributed by atoms with E-state index in [9.17, 15) is 5.11 Å². The molecule has 0 spiro atoms. The van der Waals surface area contributed by atoms with Gasteiger partial charge in [0.25, 0.3) is 0 Å². The number of benzene rings is 2. The molecule has 1 unspecified atom stereocenters. The highest BCUT2D eigenvalue weighted by molar-refractivity contribution is 5.67. The van der Waals surface area contributed by atoms with E-state index in [2.05, 4.69) is 16.8 Å². The van der Waals surface area contributed by atoms with Gasteiger partial charge >= 0.3 is 0 Å². The average molecular weight is 529 g/mol. The van der Waals surface area contributed by atoms with Crippen molar-refractivity contribution >= 4 is 0 Å². The Bertz CT molecular complexity index is 1250. The molecule has 3 aliphatic rings. The monoisotopic (exact) mass is 528 g/mol. The van der Waals surface area contributed by atoms with Crippen molar-refractivity contribution in [1.29, 1.82) is 0 Å². The van der Waals surface area contributed by atoms with Crippen molar-refractivity contribution in [2.45, 2.75) is 50.9 Å². The maximum absolute atomic E-state index is 10.9. The van der Waals surface area contributed by atoms with Crippen LogP contribution < -0.4 is 28.4 Å². The van der Waals surface area contributed by atoms with Gasteiger partial charge in [0.15, 0.2) is 23.0 Å². The number of hydrogen-bond acceptors (Lipinski definition) is 9. The van der Waals surface area contributed by atoms with Crippen molar-refractivity contribution in [2.75, 3.05) is 62.9 Å². The van der Waals surface area contributed by atoms with Crippen LogP contribution in [0.2, 0.25) is 0 Å². The number of ether oxygens (including phenoxy) is 6. The van der Waals surface area contributed by atoms with Crippen LogP contribution in [0.3, 0.4) is 0 Å². The van der Waals surface area contributed by atoms with E-state index in [1.54, 1.807) is 42.7 Å². The van der Waals surface area contributed by atoms with Crippen LogP contribution in [0.5, 0.6) is 34.5 Å². The standard InChI is InChI=1S/C29H40N2O7/c1-14-24(33-4)17-10-16-12-31-19(23(30(16)3)22(17)29(38-9)27(14)36-7)11-18-21(20(31)13-32)28(37-8)26(35-6)15(2)25(18)34-5/h16,19-20,23,32H,10-13H2,1-9H3/t16-,19?,20-,23-/m0/s1. The Morgan fingerprint density at radius 1 is 0.684 bits per heavy atom. The summed E-state index contributed by atoms with van der Waals surface area (Å²) in [7, 11) is 12.3. The largest absolute Gasteiger partial charge is 0.496 e. The molecule has 38 heavy (non-hydrogen) atoms. The lowest BCUT2D eigenvalue weighted by atomic mass is 9.73. The first kappa shape index (κ1) is 26.7. The molecule has 0 radical (unpaired) electrons. The molecule has 5 rings (SSSR count). The van der Waals surface area contributed by atoms with Crippen LogP contribution in [0.25, 0.3) is 0 Å². The number of rotatable bonds is 7. The smallest absolute Gasteiger partial charge is 0.167 e. The predicted octanol–water partition coefficient (Wildman–Crippen LogP) is 3.23. The van der Waals surface area contributed by atoms with Gasteiger partial charge in [-0.05, 0) is 33.7 Å². The van der Waals surface area contributed by atoms with Gasteiger partial charge in [-0.1, -0.05) is 0 Å². The molecule has 2 aromatic rings. The highest BCUT2D eigenvalue weighted by atomic mass is 16.5. The Labute approximate surface area is 225 Å². The van der Waals surface area contributed by atoms with Gasteiger partial charge in [-0.3, -0.25) is 9.80 Å².